The third kappa shape index (κ3) is 4.00. The number of carbonyl (C=O) groups is 4. The Morgan fingerprint density at radius 3 is 2.49 bits per heavy atom. The van der Waals surface area contributed by atoms with Crippen molar-refractivity contribution < 1.29 is 33.2 Å². The van der Waals surface area contributed by atoms with Crippen LogP contribution in [0.1, 0.15) is 31.6 Å². The number of ether oxygens (including phenoxy) is 2. The summed E-state index contributed by atoms with van der Waals surface area (Å²) in [5, 5.41) is 6.25. The van der Waals surface area contributed by atoms with Gasteiger partial charge in [-0.2, -0.15) is 4.98 Å². The molecule has 4 heterocycles. The quantitative estimate of drug-likeness (QED) is 0.588. The first-order chi connectivity index (χ1) is 16.9. The van der Waals surface area contributed by atoms with Gasteiger partial charge in [0, 0.05) is 30.2 Å². The average Bonchev–Trinajstić information content (AvgIpc) is 3.42. The minimum absolute atomic E-state index is 0.0711. The van der Waals surface area contributed by atoms with Gasteiger partial charge in [-0.15, -0.1) is 0 Å². The number of imide groups is 2. The Labute approximate surface area is 199 Å². The van der Waals surface area contributed by atoms with Gasteiger partial charge in [-0.1, -0.05) is 5.16 Å². The van der Waals surface area contributed by atoms with E-state index >= 15 is 0 Å². The fourth-order valence-electron chi connectivity index (χ4n) is 4.60. The Balaban J connectivity index is 1.37. The largest absolute Gasteiger partial charge is 0.497 e. The first-order valence-electron chi connectivity index (χ1n) is 11.1. The van der Waals surface area contributed by atoms with Crippen LogP contribution in [0.4, 0.5) is 0 Å². The number of rotatable bonds is 6. The van der Waals surface area contributed by atoms with Gasteiger partial charge in [0.2, 0.25) is 23.5 Å². The molecule has 2 aromatic rings. The van der Waals surface area contributed by atoms with E-state index in [0.717, 1.165) is 4.90 Å². The highest BCUT2D eigenvalue weighted by molar-refractivity contribution is 6.21. The lowest BCUT2D eigenvalue weighted by Crippen LogP contribution is -2.55. The summed E-state index contributed by atoms with van der Waals surface area (Å²) in [4.78, 5) is 57.3. The number of aromatic nitrogens is 2. The number of piperidine rings is 1. The number of nitrogens with one attached hydrogen (secondary N) is 1. The van der Waals surface area contributed by atoms with Gasteiger partial charge in [0.1, 0.15) is 23.2 Å². The van der Waals surface area contributed by atoms with Crippen molar-refractivity contribution in [3.8, 4) is 22.9 Å². The van der Waals surface area contributed by atoms with Crippen LogP contribution < -0.4 is 14.8 Å². The van der Waals surface area contributed by atoms with Gasteiger partial charge in [0.15, 0.2) is 0 Å². The standard InChI is InChI=1S/C23H23N5O7/c1-33-13-8-12(9-14(10-13)34-2)20-25-18(35-26-20)11-27-7-3-4-15-19(27)23(32)28(22(15)31)16-5-6-17(29)24-21(16)30/h8-10,16H,3-7,11H2,1-2H3,(H,24,29,30). The minimum Gasteiger partial charge on any atom is -0.497 e. The molecular formula is C23H23N5O7. The molecule has 3 aliphatic rings. The summed E-state index contributed by atoms with van der Waals surface area (Å²) < 4.78 is 16.0. The van der Waals surface area contributed by atoms with E-state index in [1.807, 2.05) is 0 Å². The molecule has 5 rings (SSSR count). The second kappa shape index (κ2) is 8.85. The zero-order valence-electron chi connectivity index (χ0n) is 19.2. The van der Waals surface area contributed by atoms with Crippen molar-refractivity contribution in [2.45, 2.75) is 38.3 Å². The predicted molar refractivity (Wildman–Crippen MR) is 118 cm³/mol. The highest BCUT2D eigenvalue weighted by atomic mass is 16.5. The third-order valence-electron chi connectivity index (χ3n) is 6.28. The Morgan fingerprint density at radius 1 is 1.06 bits per heavy atom. The van der Waals surface area contributed by atoms with Gasteiger partial charge in [0.25, 0.3) is 11.8 Å². The Hall–Kier alpha value is -4.22. The van der Waals surface area contributed by atoms with Crippen LogP contribution in [0.2, 0.25) is 0 Å². The number of benzene rings is 1. The van der Waals surface area contributed by atoms with Crippen LogP contribution in [0.15, 0.2) is 34.0 Å². The molecule has 1 aromatic heterocycles. The van der Waals surface area contributed by atoms with E-state index in [9.17, 15) is 19.2 Å². The van der Waals surface area contributed by atoms with Gasteiger partial charge in [-0.05, 0) is 31.4 Å². The molecule has 1 atom stereocenters. The van der Waals surface area contributed by atoms with Crippen LogP contribution in [-0.2, 0) is 25.7 Å². The number of amides is 4. The maximum atomic E-state index is 13.3. The van der Waals surface area contributed by atoms with Gasteiger partial charge in [-0.3, -0.25) is 29.4 Å². The van der Waals surface area contributed by atoms with Gasteiger partial charge >= 0.3 is 0 Å². The zero-order valence-corrected chi connectivity index (χ0v) is 19.2. The maximum absolute atomic E-state index is 13.3. The Bertz CT molecular complexity index is 1240. The summed E-state index contributed by atoms with van der Waals surface area (Å²) in [6.45, 7) is 0.626. The van der Waals surface area contributed by atoms with Crippen molar-refractivity contribution in [2.75, 3.05) is 20.8 Å². The lowest BCUT2D eigenvalue weighted by atomic mass is 10.0. The second-order valence-corrected chi connectivity index (χ2v) is 8.41. The van der Waals surface area contributed by atoms with Gasteiger partial charge in [0.05, 0.1) is 20.8 Å². The smallest absolute Gasteiger partial charge is 0.278 e. The van der Waals surface area contributed by atoms with Crippen LogP contribution in [0, 0.1) is 0 Å². The monoisotopic (exact) mass is 481 g/mol. The Morgan fingerprint density at radius 2 is 1.80 bits per heavy atom. The van der Waals surface area contributed by atoms with E-state index in [0.29, 0.717) is 47.8 Å². The van der Waals surface area contributed by atoms with Crippen LogP contribution in [0.25, 0.3) is 11.4 Å². The topological polar surface area (TPSA) is 144 Å². The van der Waals surface area contributed by atoms with Crippen molar-refractivity contribution in [2.24, 2.45) is 0 Å². The molecule has 0 saturated carbocycles. The fourth-order valence-corrected chi connectivity index (χ4v) is 4.60. The van der Waals surface area contributed by atoms with Crippen molar-refractivity contribution in [1.82, 2.24) is 25.3 Å². The molecule has 1 saturated heterocycles. The molecule has 12 nitrogen and oxygen atoms in total. The van der Waals surface area contributed by atoms with Crippen molar-refractivity contribution in [3.05, 3.63) is 35.4 Å². The van der Waals surface area contributed by atoms with Crippen LogP contribution in [-0.4, -0.2) is 70.4 Å². The summed E-state index contributed by atoms with van der Waals surface area (Å²) in [7, 11) is 3.08. The number of hydrogen-bond acceptors (Lipinski definition) is 10. The number of nitrogens with zero attached hydrogens (tertiary/aromatic N) is 4. The zero-order chi connectivity index (χ0) is 24.7. The molecule has 0 radical (unpaired) electrons. The molecule has 35 heavy (non-hydrogen) atoms. The lowest BCUT2D eigenvalue weighted by molar-refractivity contribution is -0.150. The molecule has 0 aliphatic carbocycles. The summed E-state index contributed by atoms with van der Waals surface area (Å²) in [5.74, 6) is -0.358. The Kier molecular flexibility index (Phi) is 5.71. The summed E-state index contributed by atoms with van der Waals surface area (Å²) >= 11 is 0. The van der Waals surface area contributed by atoms with E-state index in [1.165, 1.54) is 0 Å². The average molecular weight is 481 g/mol. The van der Waals surface area contributed by atoms with Crippen molar-refractivity contribution in [3.63, 3.8) is 0 Å². The van der Waals surface area contributed by atoms with E-state index in [1.54, 1.807) is 37.3 Å². The number of methoxy groups -OCH3 is 2. The van der Waals surface area contributed by atoms with E-state index < -0.39 is 29.7 Å². The molecule has 0 bridgehead atoms. The van der Waals surface area contributed by atoms with Gasteiger partial charge in [-0.25, -0.2) is 0 Å². The maximum Gasteiger partial charge on any atom is 0.278 e. The number of hydrogen-bond donors (Lipinski definition) is 1. The van der Waals surface area contributed by atoms with Crippen LogP contribution in [0.5, 0.6) is 11.5 Å². The lowest BCUT2D eigenvalue weighted by Gasteiger charge is -2.29. The minimum atomic E-state index is -1.00. The summed E-state index contributed by atoms with van der Waals surface area (Å²) in [6, 6.07) is 4.22. The molecule has 3 aliphatic heterocycles. The van der Waals surface area contributed by atoms with Crippen molar-refractivity contribution >= 4 is 23.6 Å². The first-order valence-corrected chi connectivity index (χ1v) is 11.1. The highest BCUT2D eigenvalue weighted by Crippen LogP contribution is 2.35. The molecule has 182 valence electrons. The second-order valence-electron chi connectivity index (χ2n) is 8.41. The third-order valence-corrected chi connectivity index (χ3v) is 6.28. The molecule has 0 spiro atoms. The molecule has 1 aromatic carbocycles. The summed E-state index contributed by atoms with van der Waals surface area (Å²) in [5.41, 5.74) is 1.24. The summed E-state index contributed by atoms with van der Waals surface area (Å²) in [6.07, 6.45) is 1.26. The van der Waals surface area contributed by atoms with Crippen molar-refractivity contribution in [1.29, 1.82) is 0 Å². The number of carbonyl (C=O) groups excluding carboxylic acids is 4. The highest BCUT2D eigenvalue weighted by Gasteiger charge is 2.48. The molecule has 12 heteroatoms. The molecular weight excluding hydrogens is 458 g/mol. The SMILES string of the molecule is COc1cc(OC)cc(-c2noc(CN3CCCC4=C3C(=O)N(C3CCC(=O)NC3=O)C4=O)n2)c1. The van der Waals surface area contributed by atoms with E-state index in [2.05, 4.69) is 15.5 Å². The predicted octanol–water partition coefficient (Wildman–Crippen LogP) is 0.778. The van der Waals surface area contributed by atoms with Crippen LogP contribution in [0.3, 0.4) is 0 Å². The fraction of sp³-hybridized carbons (Fsp3) is 0.391. The van der Waals surface area contributed by atoms with E-state index in [-0.39, 0.29) is 31.0 Å². The van der Waals surface area contributed by atoms with Crippen LogP contribution >= 0.6 is 0 Å². The van der Waals surface area contributed by atoms with Gasteiger partial charge < -0.3 is 18.9 Å². The molecule has 1 unspecified atom stereocenters. The van der Waals surface area contributed by atoms with E-state index in [4.69, 9.17) is 14.0 Å². The molecule has 1 N–H and O–H groups in total. The molecule has 4 amide bonds. The first kappa shape index (κ1) is 22.6. The normalized spacial score (nSPS) is 20.3. The molecule has 1 fully saturated rings.